The molecule has 2 atom stereocenters. The molecule has 1 aromatic rings. The van der Waals surface area contributed by atoms with Crippen LogP contribution in [-0.2, 0) is 4.79 Å². The van der Waals surface area contributed by atoms with Crippen LogP contribution in [0.1, 0.15) is 25.3 Å². The normalized spacial score (nSPS) is 13.4. The van der Waals surface area contributed by atoms with Crippen LogP contribution in [0.4, 0.5) is 4.79 Å². The predicted octanol–water partition coefficient (Wildman–Crippen LogP) is 1.56. The fraction of sp³-hybridized carbons (Fsp3) is 0.385. The number of carbonyl (C=O) groups excluding carboxylic acids is 1. The van der Waals surface area contributed by atoms with E-state index in [0.717, 1.165) is 5.56 Å². The Morgan fingerprint density at radius 2 is 1.83 bits per heavy atom. The zero-order valence-electron chi connectivity index (χ0n) is 10.5. The maximum absolute atomic E-state index is 11.4. The Labute approximate surface area is 106 Å². The Bertz CT molecular complexity index is 406. The van der Waals surface area contributed by atoms with Crippen molar-refractivity contribution in [2.75, 3.05) is 6.54 Å². The molecule has 0 spiro atoms. The average molecular weight is 250 g/mol. The summed E-state index contributed by atoms with van der Waals surface area (Å²) in [6, 6.07) is 8.44. The minimum absolute atomic E-state index is 0.178. The highest BCUT2D eigenvalue weighted by Gasteiger charge is 2.14. The van der Waals surface area contributed by atoms with Crippen molar-refractivity contribution in [1.29, 1.82) is 0 Å². The molecule has 1 rings (SSSR count). The molecule has 0 saturated heterocycles. The predicted molar refractivity (Wildman–Crippen MR) is 68.5 cm³/mol. The van der Waals surface area contributed by atoms with Gasteiger partial charge in [-0.25, -0.2) is 4.79 Å². The second-order valence-electron chi connectivity index (χ2n) is 4.23. The van der Waals surface area contributed by atoms with E-state index in [-0.39, 0.29) is 5.92 Å². The lowest BCUT2D eigenvalue weighted by molar-refractivity contribution is -0.138. The lowest BCUT2D eigenvalue weighted by atomic mass is 10.0. The van der Waals surface area contributed by atoms with E-state index >= 15 is 0 Å². The number of rotatable bonds is 5. The van der Waals surface area contributed by atoms with Crippen LogP contribution in [0.5, 0.6) is 0 Å². The lowest BCUT2D eigenvalue weighted by Crippen LogP contribution is -2.45. The van der Waals surface area contributed by atoms with Crippen molar-refractivity contribution in [2.45, 2.75) is 25.8 Å². The average Bonchev–Trinajstić information content (AvgIpc) is 2.36. The fourth-order valence-electron chi connectivity index (χ4n) is 1.45. The van der Waals surface area contributed by atoms with Crippen LogP contribution >= 0.6 is 0 Å². The van der Waals surface area contributed by atoms with Gasteiger partial charge in [0, 0.05) is 6.54 Å². The summed E-state index contributed by atoms with van der Waals surface area (Å²) in [5, 5.41) is 13.6. The molecular weight excluding hydrogens is 232 g/mol. The molecule has 0 radical (unpaired) electrons. The van der Waals surface area contributed by atoms with Crippen molar-refractivity contribution in [1.82, 2.24) is 10.6 Å². The molecule has 5 nitrogen and oxygen atoms in total. The van der Waals surface area contributed by atoms with E-state index in [1.165, 1.54) is 6.92 Å². The van der Waals surface area contributed by atoms with Gasteiger partial charge in [0.2, 0.25) is 0 Å². The van der Waals surface area contributed by atoms with Crippen LogP contribution in [0, 0.1) is 0 Å². The topological polar surface area (TPSA) is 78.4 Å². The number of hydrogen-bond acceptors (Lipinski definition) is 2. The zero-order chi connectivity index (χ0) is 13.5. The van der Waals surface area contributed by atoms with E-state index in [1.54, 1.807) is 0 Å². The van der Waals surface area contributed by atoms with Crippen molar-refractivity contribution in [3.8, 4) is 0 Å². The monoisotopic (exact) mass is 250 g/mol. The first-order valence-corrected chi connectivity index (χ1v) is 5.83. The summed E-state index contributed by atoms with van der Waals surface area (Å²) in [5.74, 6) is -0.877. The zero-order valence-corrected chi connectivity index (χ0v) is 10.5. The number of urea groups is 1. The molecular formula is C13H18N2O3. The van der Waals surface area contributed by atoms with Crippen molar-refractivity contribution >= 4 is 12.0 Å². The second kappa shape index (κ2) is 6.64. The standard InChI is InChI=1S/C13H18N2O3/c1-9(11-6-4-3-5-7-11)8-14-13(18)15-10(2)12(16)17/h3-7,9-10H,8H2,1-2H3,(H,16,17)(H2,14,15,18). The van der Waals surface area contributed by atoms with Crippen molar-refractivity contribution in [3.63, 3.8) is 0 Å². The van der Waals surface area contributed by atoms with E-state index in [2.05, 4.69) is 10.6 Å². The molecule has 5 heteroatoms. The maximum Gasteiger partial charge on any atom is 0.325 e. The van der Waals surface area contributed by atoms with Crippen LogP contribution in [0.15, 0.2) is 30.3 Å². The number of benzene rings is 1. The van der Waals surface area contributed by atoms with Crippen LogP contribution in [-0.4, -0.2) is 29.7 Å². The van der Waals surface area contributed by atoms with E-state index < -0.39 is 18.0 Å². The Morgan fingerprint density at radius 1 is 1.22 bits per heavy atom. The van der Waals surface area contributed by atoms with Gasteiger partial charge in [0.15, 0.2) is 0 Å². The minimum Gasteiger partial charge on any atom is -0.480 e. The summed E-state index contributed by atoms with van der Waals surface area (Å²) < 4.78 is 0. The molecule has 2 amide bonds. The SMILES string of the molecule is CC(NC(=O)NCC(C)c1ccccc1)C(=O)O. The molecule has 0 fully saturated rings. The molecule has 1 aromatic carbocycles. The van der Waals surface area contributed by atoms with E-state index in [9.17, 15) is 9.59 Å². The maximum atomic E-state index is 11.4. The van der Waals surface area contributed by atoms with Gasteiger partial charge >= 0.3 is 12.0 Å². The van der Waals surface area contributed by atoms with Gasteiger partial charge in [-0.2, -0.15) is 0 Å². The largest absolute Gasteiger partial charge is 0.480 e. The van der Waals surface area contributed by atoms with Crippen LogP contribution in [0.2, 0.25) is 0 Å². The van der Waals surface area contributed by atoms with E-state index in [1.807, 2.05) is 37.3 Å². The van der Waals surface area contributed by atoms with Gasteiger partial charge in [0.1, 0.15) is 6.04 Å². The van der Waals surface area contributed by atoms with Crippen molar-refractivity contribution in [2.24, 2.45) is 0 Å². The minimum atomic E-state index is -1.05. The molecule has 0 aliphatic carbocycles. The van der Waals surface area contributed by atoms with Crippen molar-refractivity contribution < 1.29 is 14.7 Å². The summed E-state index contributed by atoms with van der Waals surface area (Å²) in [6.45, 7) is 3.88. The first kappa shape index (κ1) is 14.0. The number of nitrogens with one attached hydrogen (secondary N) is 2. The molecule has 0 heterocycles. The summed E-state index contributed by atoms with van der Waals surface area (Å²) >= 11 is 0. The number of aliphatic carboxylic acids is 1. The molecule has 98 valence electrons. The van der Waals surface area contributed by atoms with E-state index in [0.29, 0.717) is 6.54 Å². The number of carboxylic acids is 1. The number of carbonyl (C=O) groups is 2. The first-order chi connectivity index (χ1) is 8.50. The lowest BCUT2D eigenvalue weighted by Gasteiger charge is -2.15. The molecule has 0 bridgehead atoms. The van der Waals surface area contributed by atoms with E-state index in [4.69, 9.17) is 5.11 Å². The first-order valence-electron chi connectivity index (χ1n) is 5.83. The summed E-state index contributed by atoms with van der Waals surface area (Å²) in [6.07, 6.45) is 0. The molecule has 2 unspecified atom stereocenters. The highest BCUT2D eigenvalue weighted by atomic mass is 16.4. The Hall–Kier alpha value is -2.04. The summed E-state index contributed by atoms with van der Waals surface area (Å²) in [7, 11) is 0. The highest BCUT2D eigenvalue weighted by Crippen LogP contribution is 2.12. The van der Waals surface area contributed by atoms with Gasteiger partial charge in [-0.05, 0) is 18.4 Å². The van der Waals surface area contributed by atoms with Gasteiger partial charge < -0.3 is 15.7 Å². The smallest absolute Gasteiger partial charge is 0.325 e. The quantitative estimate of drug-likeness (QED) is 0.742. The fourth-order valence-corrected chi connectivity index (χ4v) is 1.45. The van der Waals surface area contributed by atoms with Gasteiger partial charge in [-0.15, -0.1) is 0 Å². The molecule has 0 saturated carbocycles. The number of amides is 2. The van der Waals surface area contributed by atoms with Gasteiger partial charge in [0.25, 0.3) is 0 Å². The third kappa shape index (κ3) is 4.45. The van der Waals surface area contributed by atoms with Gasteiger partial charge in [0.05, 0.1) is 0 Å². The Morgan fingerprint density at radius 3 is 2.39 bits per heavy atom. The third-order valence-electron chi connectivity index (χ3n) is 2.66. The third-order valence-corrected chi connectivity index (χ3v) is 2.66. The highest BCUT2D eigenvalue weighted by molar-refractivity contribution is 5.82. The molecule has 0 aromatic heterocycles. The van der Waals surface area contributed by atoms with Crippen LogP contribution in [0.3, 0.4) is 0 Å². The summed E-state index contributed by atoms with van der Waals surface area (Å²) in [5.41, 5.74) is 1.13. The second-order valence-corrected chi connectivity index (χ2v) is 4.23. The number of hydrogen-bond donors (Lipinski definition) is 3. The Kier molecular flexibility index (Phi) is 5.17. The Balaban J connectivity index is 2.37. The van der Waals surface area contributed by atoms with Crippen LogP contribution < -0.4 is 10.6 Å². The molecule has 0 aliphatic rings. The molecule has 0 aliphatic heterocycles. The molecule has 18 heavy (non-hydrogen) atoms. The van der Waals surface area contributed by atoms with Crippen molar-refractivity contribution in [3.05, 3.63) is 35.9 Å². The van der Waals surface area contributed by atoms with Gasteiger partial charge in [-0.1, -0.05) is 37.3 Å². The van der Waals surface area contributed by atoms with Crippen LogP contribution in [0.25, 0.3) is 0 Å². The number of carboxylic acid groups (broad SMARTS) is 1. The molecule has 3 N–H and O–H groups in total. The summed E-state index contributed by atoms with van der Waals surface area (Å²) in [4.78, 5) is 22.0. The van der Waals surface area contributed by atoms with Gasteiger partial charge in [-0.3, -0.25) is 4.79 Å².